The number of benzene rings is 1. The van der Waals surface area contributed by atoms with Crippen molar-refractivity contribution in [3.8, 4) is 0 Å². The molecule has 0 fully saturated rings. The first-order valence-corrected chi connectivity index (χ1v) is 3.83. The second kappa shape index (κ2) is 4.87. The number of hydrogen-bond acceptors (Lipinski definition) is 3. The Morgan fingerprint density at radius 3 is 2.25 bits per heavy atom. The van der Waals surface area contributed by atoms with E-state index in [2.05, 4.69) is 0 Å². The molecule has 0 spiro atoms. The summed E-state index contributed by atoms with van der Waals surface area (Å²) in [7, 11) is 0. The highest BCUT2D eigenvalue weighted by molar-refractivity contribution is 5.21. The normalized spacial score (nSPS) is 10.2. The molecule has 0 amide bonds. The minimum absolute atomic E-state index is 0.237. The molecule has 3 N–H and O–H groups in total. The van der Waals surface area contributed by atoms with Gasteiger partial charge in [0.05, 0.1) is 6.61 Å². The maximum absolute atomic E-state index is 8.39. The molecule has 0 radical (unpaired) electrons. The van der Waals surface area contributed by atoms with E-state index < -0.39 is 0 Å². The van der Waals surface area contributed by atoms with Crippen molar-refractivity contribution in [1.29, 1.82) is 0 Å². The van der Waals surface area contributed by atoms with Crippen LogP contribution in [0.5, 0.6) is 0 Å². The zero-order chi connectivity index (χ0) is 8.81. The molecule has 0 heterocycles. The van der Waals surface area contributed by atoms with Crippen molar-refractivity contribution in [1.82, 2.24) is 0 Å². The second-order valence-corrected chi connectivity index (χ2v) is 2.50. The van der Waals surface area contributed by atoms with Crippen LogP contribution < -0.4 is 5.73 Å². The van der Waals surface area contributed by atoms with Crippen molar-refractivity contribution in [2.24, 2.45) is 5.73 Å². The smallest absolute Gasteiger partial charge is 0.144 e. The molecule has 0 aliphatic heterocycles. The molecule has 1 aromatic rings. The Balaban J connectivity index is 2.53. The predicted octanol–water partition coefficient (Wildman–Crippen LogP) is 0.612. The van der Waals surface area contributed by atoms with Gasteiger partial charge in [-0.25, -0.2) is 0 Å². The lowest BCUT2D eigenvalue weighted by Gasteiger charge is -2.01. The fourth-order valence-corrected chi connectivity index (χ4v) is 0.935. The monoisotopic (exact) mass is 167 g/mol. The van der Waals surface area contributed by atoms with E-state index in [0.29, 0.717) is 13.2 Å². The highest BCUT2D eigenvalue weighted by atomic mass is 16.6. The van der Waals surface area contributed by atoms with Gasteiger partial charge in [0.25, 0.3) is 0 Å². The number of nitrogens with two attached hydrogens (primary N) is 1. The average Bonchev–Trinajstić information content (AvgIpc) is 2.15. The zero-order valence-corrected chi connectivity index (χ0v) is 6.86. The number of rotatable bonds is 4. The summed E-state index contributed by atoms with van der Waals surface area (Å²) in [6.07, 6.45) is 0. The molecule has 0 aromatic heterocycles. The van der Waals surface area contributed by atoms with E-state index in [0.717, 1.165) is 11.1 Å². The van der Waals surface area contributed by atoms with Crippen molar-refractivity contribution in [2.45, 2.75) is 13.2 Å². The van der Waals surface area contributed by atoms with Gasteiger partial charge in [-0.05, 0) is 11.1 Å². The summed E-state index contributed by atoms with van der Waals surface area (Å²) in [6, 6.07) is 7.79. The summed E-state index contributed by atoms with van der Waals surface area (Å²) in [5, 5.41) is 8.39. The first kappa shape index (κ1) is 9.19. The van der Waals surface area contributed by atoms with Crippen molar-refractivity contribution < 1.29 is 9.84 Å². The molecule has 12 heavy (non-hydrogen) atoms. The Morgan fingerprint density at radius 1 is 1.17 bits per heavy atom. The topological polar surface area (TPSA) is 55.5 Å². The molecule has 66 valence electrons. The molecule has 3 heteroatoms. The quantitative estimate of drug-likeness (QED) is 0.646. The summed E-state index contributed by atoms with van der Waals surface area (Å²) in [5.41, 5.74) is 7.57. The molecule has 3 nitrogen and oxygen atoms in total. The van der Waals surface area contributed by atoms with Gasteiger partial charge >= 0.3 is 0 Å². The van der Waals surface area contributed by atoms with E-state index in [-0.39, 0.29) is 6.79 Å². The number of ether oxygens (including phenoxy) is 1. The highest BCUT2D eigenvalue weighted by Crippen LogP contribution is 2.04. The maximum atomic E-state index is 8.39. The van der Waals surface area contributed by atoms with Crippen molar-refractivity contribution in [3.05, 3.63) is 35.4 Å². The Morgan fingerprint density at radius 2 is 1.75 bits per heavy atom. The van der Waals surface area contributed by atoms with E-state index in [4.69, 9.17) is 15.6 Å². The lowest BCUT2D eigenvalue weighted by molar-refractivity contribution is -0.0112. The van der Waals surface area contributed by atoms with Crippen LogP contribution in [0.2, 0.25) is 0 Å². The SMILES string of the molecule is NCc1ccc(COCO)cc1. The van der Waals surface area contributed by atoms with Crippen molar-refractivity contribution in [3.63, 3.8) is 0 Å². The zero-order valence-electron chi connectivity index (χ0n) is 6.86. The number of hydrogen-bond donors (Lipinski definition) is 2. The number of aliphatic hydroxyl groups excluding tert-OH is 1. The van der Waals surface area contributed by atoms with E-state index >= 15 is 0 Å². The summed E-state index contributed by atoms with van der Waals surface area (Å²) in [6.45, 7) is 0.765. The van der Waals surface area contributed by atoms with Crippen LogP contribution in [-0.4, -0.2) is 11.9 Å². The average molecular weight is 167 g/mol. The van der Waals surface area contributed by atoms with Gasteiger partial charge in [0.1, 0.15) is 6.79 Å². The Kier molecular flexibility index (Phi) is 3.73. The lowest BCUT2D eigenvalue weighted by Crippen LogP contribution is -1.97. The van der Waals surface area contributed by atoms with Gasteiger partial charge in [-0.2, -0.15) is 0 Å². The molecule has 0 saturated heterocycles. The lowest BCUT2D eigenvalue weighted by atomic mass is 10.1. The molecule has 1 aromatic carbocycles. The van der Waals surface area contributed by atoms with Crippen LogP contribution >= 0.6 is 0 Å². The molecule has 0 atom stereocenters. The minimum atomic E-state index is -0.237. The van der Waals surface area contributed by atoms with Crippen LogP contribution in [0.4, 0.5) is 0 Å². The highest BCUT2D eigenvalue weighted by Gasteiger charge is 1.92. The fourth-order valence-electron chi connectivity index (χ4n) is 0.935. The molecule has 0 aliphatic rings. The van der Waals surface area contributed by atoms with E-state index in [1.165, 1.54) is 0 Å². The van der Waals surface area contributed by atoms with Gasteiger partial charge in [-0.1, -0.05) is 24.3 Å². The third-order valence-corrected chi connectivity index (χ3v) is 1.62. The molecular weight excluding hydrogens is 154 g/mol. The summed E-state index contributed by atoms with van der Waals surface area (Å²) >= 11 is 0. The van der Waals surface area contributed by atoms with Crippen LogP contribution in [0.25, 0.3) is 0 Å². The Bertz CT molecular complexity index is 220. The Hall–Kier alpha value is -0.900. The number of aliphatic hydroxyl groups is 1. The molecule has 0 unspecified atom stereocenters. The molecule has 0 aliphatic carbocycles. The van der Waals surface area contributed by atoms with Crippen LogP contribution in [0.3, 0.4) is 0 Å². The summed E-state index contributed by atoms with van der Waals surface area (Å²) in [5.74, 6) is 0. The molecule has 0 bridgehead atoms. The van der Waals surface area contributed by atoms with Crippen LogP contribution in [-0.2, 0) is 17.9 Å². The fraction of sp³-hybridized carbons (Fsp3) is 0.333. The maximum Gasteiger partial charge on any atom is 0.144 e. The summed E-state index contributed by atoms with van der Waals surface area (Å²) in [4.78, 5) is 0. The van der Waals surface area contributed by atoms with Crippen LogP contribution in [0.15, 0.2) is 24.3 Å². The third kappa shape index (κ3) is 2.62. The minimum Gasteiger partial charge on any atom is -0.371 e. The second-order valence-electron chi connectivity index (χ2n) is 2.50. The first-order valence-electron chi connectivity index (χ1n) is 3.83. The van der Waals surface area contributed by atoms with Gasteiger partial charge in [0, 0.05) is 6.54 Å². The Labute approximate surface area is 71.8 Å². The molecular formula is C9H13NO2. The standard InChI is InChI=1S/C9H13NO2/c10-5-8-1-3-9(4-2-8)6-12-7-11/h1-4,11H,5-7,10H2. The van der Waals surface area contributed by atoms with E-state index in [1.807, 2.05) is 24.3 Å². The third-order valence-electron chi connectivity index (χ3n) is 1.62. The summed E-state index contributed by atoms with van der Waals surface area (Å²) < 4.78 is 4.82. The first-order chi connectivity index (χ1) is 5.86. The largest absolute Gasteiger partial charge is 0.371 e. The predicted molar refractivity (Wildman–Crippen MR) is 46.2 cm³/mol. The van der Waals surface area contributed by atoms with Gasteiger partial charge in [-0.15, -0.1) is 0 Å². The van der Waals surface area contributed by atoms with Crippen LogP contribution in [0, 0.1) is 0 Å². The van der Waals surface area contributed by atoms with Gasteiger partial charge in [0.15, 0.2) is 0 Å². The molecule has 1 rings (SSSR count). The van der Waals surface area contributed by atoms with Gasteiger partial charge in [0.2, 0.25) is 0 Å². The van der Waals surface area contributed by atoms with Crippen LogP contribution in [0.1, 0.15) is 11.1 Å². The van der Waals surface area contributed by atoms with E-state index in [1.54, 1.807) is 0 Å². The van der Waals surface area contributed by atoms with Gasteiger partial charge in [-0.3, -0.25) is 0 Å². The molecule has 0 saturated carbocycles. The van der Waals surface area contributed by atoms with Crippen molar-refractivity contribution >= 4 is 0 Å². The van der Waals surface area contributed by atoms with E-state index in [9.17, 15) is 0 Å². The van der Waals surface area contributed by atoms with Gasteiger partial charge < -0.3 is 15.6 Å². The van der Waals surface area contributed by atoms with Crippen molar-refractivity contribution in [2.75, 3.05) is 6.79 Å².